The van der Waals surface area contributed by atoms with Crippen LogP contribution in [0.3, 0.4) is 0 Å². The van der Waals surface area contributed by atoms with Crippen LogP contribution in [0.25, 0.3) is 0 Å². The van der Waals surface area contributed by atoms with E-state index in [2.05, 4.69) is 15.6 Å². The highest BCUT2D eigenvalue weighted by Gasteiger charge is 2.32. The maximum absolute atomic E-state index is 12.9. The predicted octanol–water partition coefficient (Wildman–Crippen LogP) is 3.37. The van der Waals surface area contributed by atoms with Gasteiger partial charge in [0.2, 0.25) is 0 Å². The Morgan fingerprint density at radius 3 is 2.67 bits per heavy atom. The number of anilines is 2. The molecule has 1 aliphatic rings. The number of pyridine rings is 1. The van der Waals surface area contributed by atoms with E-state index < -0.39 is 11.7 Å². The average Bonchev–Trinajstić information content (AvgIpc) is 2.91. The number of nitrogens with zero attached hydrogens (tertiary/aromatic N) is 1. The number of rotatable bonds is 5. The van der Waals surface area contributed by atoms with E-state index in [1.807, 2.05) is 13.8 Å². The van der Waals surface area contributed by atoms with Crippen molar-refractivity contribution in [3.63, 3.8) is 0 Å². The van der Waals surface area contributed by atoms with Gasteiger partial charge >= 0.3 is 6.18 Å². The normalized spacial score (nSPS) is 20.3. The molecule has 2 N–H and O–H groups in total. The zero-order valence-corrected chi connectivity index (χ0v) is 12.1. The fourth-order valence-corrected chi connectivity index (χ4v) is 2.34. The van der Waals surface area contributed by atoms with Crippen molar-refractivity contribution in [3.8, 4) is 0 Å². The van der Waals surface area contributed by atoms with Crippen molar-refractivity contribution in [1.82, 2.24) is 4.98 Å². The quantitative estimate of drug-likeness (QED) is 0.875. The number of hydrogen-bond donors (Lipinski definition) is 2. The van der Waals surface area contributed by atoms with Gasteiger partial charge in [-0.15, -0.1) is 0 Å². The Morgan fingerprint density at radius 2 is 2.10 bits per heavy atom. The molecule has 118 valence electrons. The minimum atomic E-state index is -4.39. The van der Waals surface area contributed by atoms with Crippen molar-refractivity contribution in [2.45, 2.75) is 32.5 Å². The topological polar surface area (TPSA) is 46.2 Å². The highest BCUT2D eigenvalue weighted by Crippen LogP contribution is 2.32. The van der Waals surface area contributed by atoms with Crippen molar-refractivity contribution in [3.05, 3.63) is 17.7 Å². The average molecular weight is 303 g/mol. The highest BCUT2D eigenvalue weighted by molar-refractivity contribution is 5.50. The van der Waals surface area contributed by atoms with E-state index in [-0.39, 0.29) is 17.7 Å². The molecule has 2 atom stereocenters. The van der Waals surface area contributed by atoms with E-state index in [1.165, 1.54) is 0 Å². The first-order valence-corrected chi connectivity index (χ1v) is 7.07. The van der Waals surface area contributed by atoms with Gasteiger partial charge in [0, 0.05) is 25.1 Å². The molecule has 0 spiro atoms. The molecule has 1 fully saturated rings. The van der Waals surface area contributed by atoms with E-state index in [9.17, 15) is 13.2 Å². The zero-order chi connectivity index (χ0) is 15.5. The second-order valence-electron chi connectivity index (χ2n) is 5.21. The molecule has 1 saturated heterocycles. The number of alkyl halides is 3. The van der Waals surface area contributed by atoms with Crippen molar-refractivity contribution in [2.24, 2.45) is 5.92 Å². The minimum Gasteiger partial charge on any atom is -0.381 e. The molecule has 21 heavy (non-hydrogen) atoms. The van der Waals surface area contributed by atoms with Crippen LogP contribution in [-0.2, 0) is 10.9 Å². The largest absolute Gasteiger partial charge is 0.416 e. The van der Waals surface area contributed by atoms with Crippen LogP contribution in [0, 0.1) is 5.92 Å². The van der Waals surface area contributed by atoms with Crippen LogP contribution >= 0.6 is 0 Å². The molecule has 4 nitrogen and oxygen atoms in total. The SMILES string of the molecule is CCNc1cc(C(F)(F)F)cc(NC(C)C2CCOC2)n1. The van der Waals surface area contributed by atoms with Crippen LogP contribution in [0.5, 0.6) is 0 Å². The molecule has 1 aliphatic heterocycles. The van der Waals surface area contributed by atoms with Gasteiger partial charge in [-0.25, -0.2) is 4.98 Å². The van der Waals surface area contributed by atoms with Gasteiger partial charge in [-0.3, -0.25) is 0 Å². The Morgan fingerprint density at radius 1 is 1.38 bits per heavy atom. The summed E-state index contributed by atoms with van der Waals surface area (Å²) in [6.45, 7) is 5.60. The van der Waals surface area contributed by atoms with E-state index in [0.717, 1.165) is 18.6 Å². The van der Waals surface area contributed by atoms with Crippen molar-refractivity contribution >= 4 is 11.6 Å². The summed E-state index contributed by atoms with van der Waals surface area (Å²) in [4.78, 5) is 4.18. The molecule has 2 heterocycles. The monoisotopic (exact) mass is 303 g/mol. The van der Waals surface area contributed by atoms with Crippen LogP contribution in [0.4, 0.5) is 24.8 Å². The lowest BCUT2D eigenvalue weighted by Gasteiger charge is -2.21. The second-order valence-corrected chi connectivity index (χ2v) is 5.21. The molecule has 0 aromatic carbocycles. The summed E-state index contributed by atoms with van der Waals surface area (Å²) in [7, 11) is 0. The Balaban J connectivity index is 2.18. The van der Waals surface area contributed by atoms with E-state index >= 15 is 0 Å². The number of nitrogens with one attached hydrogen (secondary N) is 2. The van der Waals surface area contributed by atoms with Crippen LogP contribution in [0.1, 0.15) is 25.8 Å². The fraction of sp³-hybridized carbons (Fsp3) is 0.643. The Hall–Kier alpha value is -1.50. The van der Waals surface area contributed by atoms with Gasteiger partial charge < -0.3 is 15.4 Å². The lowest BCUT2D eigenvalue weighted by molar-refractivity contribution is -0.137. The third-order valence-corrected chi connectivity index (χ3v) is 3.56. The smallest absolute Gasteiger partial charge is 0.381 e. The maximum Gasteiger partial charge on any atom is 0.416 e. The number of ether oxygens (including phenoxy) is 1. The lowest BCUT2D eigenvalue weighted by Crippen LogP contribution is -2.27. The summed E-state index contributed by atoms with van der Waals surface area (Å²) in [5.41, 5.74) is -0.703. The van der Waals surface area contributed by atoms with E-state index in [1.54, 1.807) is 0 Å². The summed E-state index contributed by atoms with van der Waals surface area (Å²) in [6.07, 6.45) is -3.48. The van der Waals surface area contributed by atoms with E-state index in [0.29, 0.717) is 25.7 Å². The first-order valence-electron chi connectivity index (χ1n) is 7.07. The standard InChI is InChI=1S/C14H20F3N3O/c1-3-18-12-6-11(14(15,16)17)7-13(20-12)19-9(2)10-4-5-21-8-10/h6-7,9-10H,3-5,8H2,1-2H3,(H2,18,19,20). The highest BCUT2D eigenvalue weighted by atomic mass is 19.4. The van der Waals surface area contributed by atoms with Gasteiger partial charge in [0.25, 0.3) is 0 Å². The summed E-state index contributed by atoms with van der Waals surface area (Å²) in [5, 5.41) is 5.89. The minimum absolute atomic E-state index is 0.0120. The summed E-state index contributed by atoms with van der Waals surface area (Å²) in [6, 6.07) is 2.09. The van der Waals surface area contributed by atoms with Crippen LogP contribution < -0.4 is 10.6 Å². The third kappa shape index (κ3) is 4.23. The number of hydrogen-bond acceptors (Lipinski definition) is 4. The van der Waals surface area contributed by atoms with Gasteiger partial charge in [0.05, 0.1) is 12.2 Å². The van der Waals surface area contributed by atoms with Gasteiger partial charge in [-0.1, -0.05) is 0 Å². The zero-order valence-electron chi connectivity index (χ0n) is 12.1. The van der Waals surface area contributed by atoms with Crippen molar-refractivity contribution < 1.29 is 17.9 Å². The predicted molar refractivity (Wildman–Crippen MR) is 75.4 cm³/mol. The molecular formula is C14H20F3N3O. The molecule has 0 radical (unpaired) electrons. The molecule has 2 rings (SSSR count). The molecule has 2 unspecified atom stereocenters. The fourth-order valence-electron chi connectivity index (χ4n) is 2.34. The van der Waals surface area contributed by atoms with Crippen LogP contribution in [0.2, 0.25) is 0 Å². The van der Waals surface area contributed by atoms with E-state index in [4.69, 9.17) is 4.74 Å². The summed E-state index contributed by atoms with van der Waals surface area (Å²) >= 11 is 0. The van der Waals surface area contributed by atoms with Gasteiger partial charge in [0.1, 0.15) is 11.6 Å². The van der Waals surface area contributed by atoms with Gasteiger partial charge in [-0.2, -0.15) is 13.2 Å². The Kier molecular flexibility index (Phi) is 4.92. The number of halogens is 3. The molecule has 0 saturated carbocycles. The number of aromatic nitrogens is 1. The van der Waals surface area contributed by atoms with Crippen molar-refractivity contribution in [1.29, 1.82) is 0 Å². The molecule has 1 aromatic heterocycles. The molecule has 1 aromatic rings. The van der Waals surface area contributed by atoms with Crippen LogP contribution in [-0.4, -0.2) is 30.8 Å². The summed E-state index contributed by atoms with van der Waals surface area (Å²) < 4.78 is 44.1. The maximum atomic E-state index is 12.9. The van der Waals surface area contributed by atoms with Crippen LogP contribution in [0.15, 0.2) is 12.1 Å². The summed E-state index contributed by atoms with van der Waals surface area (Å²) in [5.74, 6) is 0.758. The molecular weight excluding hydrogens is 283 g/mol. The molecule has 0 aliphatic carbocycles. The van der Waals surface area contributed by atoms with Gasteiger partial charge in [-0.05, 0) is 32.4 Å². The Labute approximate surface area is 122 Å². The third-order valence-electron chi connectivity index (χ3n) is 3.56. The second kappa shape index (κ2) is 6.51. The molecule has 7 heteroatoms. The first kappa shape index (κ1) is 15.9. The van der Waals surface area contributed by atoms with Crippen molar-refractivity contribution in [2.75, 3.05) is 30.4 Å². The Bertz CT molecular complexity index is 473. The first-order chi connectivity index (χ1) is 9.90. The molecule has 0 bridgehead atoms. The molecule has 0 amide bonds. The lowest BCUT2D eigenvalue weighted by atomic mass is 10.0. The van der Waals surface area contributed by atoms with Gasteiger partial charge in [0.15, 0.2) is 0 Å².